The first-order chi connectivity index (χ1) is 6.65. The molecule has 0 unspecified atom stereocenters. The topological polar surface area (TPSA) is 52.0 Å². The van der Waals surface area contributed by atoms with E-state index in [9.17, 15) is 0 Å². The third-order valence-corrected chi connectivity index (χ3v) is 2.54. The van der Waals surface area contributed by atoms with Gasteiger partial charge in [0.05, 0.1) is 0 Å². The SMILES string of the molecule is Cc1ccc([C@@H](N)CCCN)c(C)c1.Cl. The van der Waals surface area contributed by atoms with Gasteiger partial charge >= 0.3 is 0 Å². The molecule has 15 heavy (non-hydrogen) atoms. The molecule has 0 spiro atoms. The van der Waals surface area contributed by atoms with Gasteiger partial charge in [-0.05, 0) is 44.4 Å². The third kappa shape index (κ3) is 4.20. The molecule has 0 aliphatic carbocycles. The first-order valence-electron chi connectivity index (χ1n) is 5.18. The Morgan fingerprint density at radius 1 is 1.27 bits per heavy atom. The lowest BCUT2D eigenvalue weighted by Gasteiger charge is -2.14. The summed E-state index contributed by atoms with van der Waals surface area (Å²) < 4.78 is 0. The monoisotopic (exact) mass is 228 g/mol. The summed E-state index contributed by atoms with van der Waals surface area (Å²) in [7, 11) is 0. The fraction of sp³-hybridized carbons (Fsp3) is 0.500. The number of halogens is 1. The van der Waals surface area contributed by atoms with Crippen molar-refractivity contribution in [3.05, 3.63) is 34.9 Å². The van der Waals surface area contributed by atoms with Crippen LogP contribution in [0.2, 0.25) is 0 Å². The predicted octanol–water partition coefficient (Wildman–Crippen LogP) is 2.46. The molecule has 0 aliphatic heterocycles. The summed E-state index contributed by atoms with van der Waals surface area (Å²) >= 11 is 0. The lowest BCUT2D eigenvalue weighted by molar-refractivity contribution is 0.615. The Hall–Kier alpha value is -0.570. The third-order valence-electron chi connectivity index (χ3n) is 2.54. The molecular formula is C12H21ClN2. The molecule has 0 radical (unpaired) electrons. The van der Waals surface area contributed by atoms with Crippen LogP contribution in [0.3, 0.4) is 0 Å². The predicted molar refractivity (Wildman–Crippen MR) is 68.4 cm³/mol. The maximum absolute atomic E-state index is 6.08. The lowest BCUT2D eigenvalue weighted by atomic mass is 9.97. The summed E-state index contributed by atoms with van der Waals surface area (Å²) in [6.45, 7) is 4.94. The van der Waals surface area contributed by atoms with Crippen molar-refractivity contribution in [2.45, 2.75) is 32.7 Å². The molecule has 0 bridgehead atoms. The normalized spacial score (nSPS) is 12.0. The highest BCUT2D eigenvalue weighted by molar-refractivity contribution is 5.85. The zero-order chi connectivity index (χ0) is 10.6. The fourth-order valence-corrected chi connectivity index (χ4v) is 1.73. The summed E-state index contributed by atoms with van der Waals surface area (Å²) in [4.78, 5) is 0. The molecule has 0 heterocycles. The minimum absolute atomic E-state index is 0. The van der Waals surface area contributed by atoms with E-state index in [0.717, 1.165) is 19.4 Å². The maximum atomic E-state index is 6.08. The summed E-state index contributed by atoms with van der Waals surface area (Å²) in [5.74, 6) is 0. The van der Waals surface area contributed by atoms with Crippen molar-refractivity contribution in [2.75, 3.05) is 6.54 Å². The zero-order valence-corrected chi connectivity index (χ0v) is 10.3. The molecule has 0 saturated carbocycles. The van der Waals surface area contributed by atoms with Gasteiger partial charge in [0, 0.05) is 6.04 Å². The van der Waals surface area contributed by atoms with Crippen molar-refractivity contribution >= 4 is 12.4 Å². The van der Waals surface area contributed by atoms with Gasteiger partial charge in [-0.2, -0.15) is 0 Å². The molecule has 0 saturated heterocycles. The van der Waals surface area contributed by atoms with Crippen LogP contribution in [0.25, 0.3) is 0 Å². The van der Waals surface area contributed by atoms with Crippen molar-refractivity contribution in [3.63, 3.8) is 0 Å². The van der Waals surface area contributed by atoms with E-state index in [0.29, 0.717) is 0 Å². The van der Waals surface area contributed by atoms with Gasteiger partial charge in [0.25, 0.3) is 0 Å². The highest BCUT2D eigenvalue weighted by Crippen LogP contribution is 2.20. The van der Waals surface area contributed by atoms with Crippen LogP contribution >= 0.6 is 12.4 Å². The van der Waals surface area contributed by atoms with E-state index in [-0.39, 0.29) is 18.4 Å². The molecule has 1 aromatic rings. The highest BCUT2D eigenvalue weighted by atomic mass is 35.5. The van der Waals surface area contributed by atoms with Gasteiger partial charge < -0.3 is 11.5 Å². The van der Waals surface area contributed by atoms with Gasteiger partial charge in [0.2, 0.25) is 0 Å². The van der Waals surface area contributed by atoms with Gasteiger partial charge in [0.15, 0.2) is 0 Å². The van der Waals surface area contributed by atoms with Crippen LogP contribution in [0.1, 0.15) is 35.6 Å². The Bertz CT molecular complexity index is 300. The van der Waals surface area contributed by atoms with E-state index in [1.807, 2.05) is 0 Å². The molecule has 1 aromatic carbocycles. The van der Waals surface area contributed by atoms with E-state index >= 15 is 0 Å². The molecule has 3 heteroatoms. The standard InChI is InChI=1S/C12H20N2.ClH/c1-9-5-6-11(10(2)8-9)12(14)4-3-7-13;/h5-6,8,12H,3-4,7,13-14H2,1-2H3;1H/t12-;/m0./s1. The Kier molecular flexibility index (Phi) is 6.57. The molecule has 4 N–H and O–H groups in total. The minimum Gasteiger partial charge on any atom is -0.330 e. The number of aryl methyl sites for hydroxylation is 2. The maximum Gasteiger partial charge on any atom is 0.0297 e. The largest absolute Gasteiger partial charge is 0.330 e. The first kappa shape index (κ1) is 14.4. The molecule has 0 fully saturated rings. The summed E-state index contributed by atoms with van der Waals surface area (Å²) in [5.41, 5.74) is 15.4. The molecule has 0 amide bonds. The van der Waals surface area contributed by atoms with Crippen molar-refractivity contribution in [1.29, 1.82) is 0 Å². The van der Waals surface area contributed by atoms with E-state index < -0.39 is 0 Å². The van der Waals surface area contributed by atoms with E-state index in [1.165, 1.54) is 16.7 Å². The van der Waals surface area contributed by atoms with Crippen molar-refractivity contribution in [2.24, 2.45) is 11.5 Å². The van der Waals surface area contributed by atoms with Gasteiger partial charge in [-0.15, -0.1) is 12.4 Å². The second-order valence-electron chi connectivity index (χ2n) is 3.90. The Labute approximate surface area is 98.5 Å². The van der Waals surface area contributed by atoms with Crippen LogP contribution in [-0.2, 0) is 0 Å². The van der Waals surface area contributed by atoms with Crippen LogP contribution in [0.4, 0.5) is 0 Å². The molecule has 86 valence electrons. The number of hydrogen-bond acceptors (Lipinski definition) is 2. The van der Waals surface area contributed by atoms with Gasteiger partial charge in [-0.1, -0.05) is 23.8 Å². The number of nitrogens with two attached hydrogens (primary N) is 2. The van der Waals surface area contributed by atoms with E-state index in [4.69, 9.17) is 11.5 Å². The molecule has 0 aromatic heterocycles. The molecule has 0 aliphatic rings. The molecule has 2 nitrogen and oxygen atoms in total. The second-order valence-corrected chi connectivity index (χ2v) is 3.90. The Balaban J connectivity index is 0.00000196. The van der Waals surface area contributed by atoms with E-state index in [1.54, 1.807) is 0 Å². The Morgan fingerprint density at radius 2 is 1.93 bits per heavy atom. The van der Waals surface area contributed by atoms with Crippen molar-refractivity contribution in [3.8, 4) is 0 Å². The van der Waals surface area contributed by atoms with Crippen molar-refractivity contribution in [1.82, 2.24) is 0 Å². The Morgan fingerprint density at radius 3 is 2.47 bits per heavy atom. The molecular weight excluding hydrogens is 208 g/mol. The van der Waals surface area contributed by atoms with Gasteiger partial charge in [0.1, 0.15) is 0 Å². The van der Waals surface area contributed by atoms with Gasteiger partial charge in [-0.3, -0.25) is 0 Å². The van der Waals surface area contributed by atoms with Gasteiger partial charge in [-0.25, -0.2) is 0 Å². The van der Waals surface area contributed by atoms with Crippen LogP contribution < -0.4 is 11.5 Å². The molecule has 1 rings (SSSR count). The second kappa shape index (κ2) is 6.83. The number of hydrogen-bond donors (Lipinski definition) is 2. The fourth-order valence-electron chi connectivity index (χ4n) is 1.73. The average molecular weight is 229 g/mol. The van der Waals surface area contributed by atoms with Crippen molar-refractivity contribution < 1.29 is 0 Å². The smallest absolute Gasteiger partial charge is 0.0297 e. The summed E-state index contributed by atoms with van der Waals surface area (Å²) in [6.07, 6.45) is 1.97. The average Bonchev–Trinajstić information content (AvgIpc) is 2.14. The number of rotatable bonds is 4. The van der Waals surface area contributed by atoms with Crippen LogP contribution in [-0.4, -0.2) is 6.54 Å². The molecule has 1 atom stereocenters. The summed E-state index contributed by atoms with van der Waals surface area (Å²) in [6, 6.07) is 6.56. The lowest BCUT2D eigenvalue weighted by Crippen LogP contribution is -2.13. The zero-order valence-electron chi connectivity index (χ0n) is 9.49. The summed E-state index contributed by atoms with van der Waals surface area (Å²) in [5, 5.41) is 0. The quantitative estimate of drug-likeness (QED) is 0.832. The van der Waals surface area contributed by atoms with Crippen LogP contribution in [0, 0.1) is 13.8 Å². The van der Waals surface area contributed by atoms with E-state index in [2.05, 4.69) is 32.0 Å². The van der Waals surface area contributed by atoms with Crippen LogP contribution in [0.15, 0.2) is 18.2 Å². The minimum atomic E-state index is 0. The first-order valence-corrected chi connectivity index (χ1v) is 5.18. The van der Waals surface area contributed by atoms with Crippen LogP contribution in [0.5, 0.6) is 0 Å². The highest BCUT2D eigenvalue weighted by Gasteiger charge is 2.07. The number of benzene rings is 1.